The van der Waals surface area contributed by atoms with Gasteiger partial charge in [-0.25, -0.2) is 0 Å². The van der Waals surface area contributed by atoms with Gasteiger partial charge in [0.05, 0.1) is 4.58 Å². The van der Waals surface area contributed by atoms with Crippen LogP contribution >= 0.6 is 11.8 Å². The van der Waals surface area contributed by atoms with Crippen LogP contribution in [0.4, 0.5) is 0 Å². The minimum atomic E-state index is -0.609. The summed E-state index contributed by atoms with van der Waals surface area (Å²) in [6.45, 7) is 6.07. The van der Waals surface area contributed by atoms with Crippen molar-refractivity contribution in [3.8, 4) is 0 Å². The van der Waals surface area contributed by atoms with Crippen LogP contribution in [0.2, 0.25) is 0 Å². The van der Waals surface area contributed by atoms with Crippen molar-refractivity contribution in [3.63, 3.8) is 0 Å². The molecule has 0 spiro atoms. The van der Waals surface area contributed by atoms with E-state index in [2.05, 4.69) is 6.92 Å². The lowest BCUT2D eigenvalue weighted by Crippen LogP contribution is -2.07. The van der Waals surface area contributed by atoms with Crippen LogP contribution in [0, 0.1) is 0 Å². The van der Waals surface area contributed by atoms with E-state index in [4.69, 9.17) is 0 Å². The molecule has 0 aliphatic carbocycles. The van der Waals surface area contributed by atoms with Crippen LogP contribution < -0.4 is 0 Å². The van der Waals surface area contributed by atoms with E-state index in [0.29, 0.717) is 4.58 Å². The molecule has 0 saturated heterocycles. The number of hydrogen-bond acceptors (Lipinski definition) is 2. The fourth-order valence-electron chi connectivity index (χ4n) is 0.545. The highest BCUT2D eigenvalue weighted by molar-refractivity contribution is 8.11. The standard InChI is InChI=1S/C6H14OS2/c1-4-8-6(3)9(7)5-2/h6H,4-5H2,1-3H3. The van der Waals surface area contributed by atoms with E-state index in [9.17, 15) is 4.21 Å². The highest BCUT2D eigenvalue weighted by Gasteiger charge is 2.06. The third kappa shape index (κ3) is 3.98. The SMILES string of the molecule is CCSC(C)S(=O)CC. The summed E-state index contributed by atoms with van der Waals surface area (Å²) in [5.74, 6) is 1.85. The van der Waals surface area contributed by atoms with Crippen molar-refractivity contribution in [1.29, 1.82) is 0 Å². The van der Waals surface area contributed by atoms with Crippen LogP contribution in [0.15, 0.2) is 0 Å². The Balaban J connectivity index is 3.45. The van der Waals surface area contributed by atoms with Crippen LogP contribution in [0.1, 0.15) is 20.8 Å². The first-order chi connectivity index (χ1) is 4.22. The van der Waals surface area contributed by atoms with E-state index in [0.717, 1.165) is 11.5 Å². The molecule has 0 heterocycles. The number of rotatable bonds is 4. The molecule has 0 rings (SSSR count). The molecule has 0 aliphatic rings. The Labute approximate surface area is 64.1 Å². The van der Waals surface area contributed by atoms with Crippen molar-refractivity contribution in [2.45, 2.75) is 25.4 Å². The molecule has 0 aromatic carbocycles. The highest BCUT2D eigenvalue weighted by Crippen LogP contribution is 2.12. The fourth-order valence-corrected chi connectivity index (χ4v) is 2.91. The van der Waals surface area contributed by atoms with Crippen LogP contribution in [0.3, 0.4) is 0 Å². The van der Waals surface area contributed by atoms with E-state index in [-0.39, 0.29) is 0 Å². The van der Waals surface area contributed by atoms with Crippen LogP contribution in [0.25, 0.3) is 0 Å². The first kappa shape index (κ1) is 9.50. The Kier molecular flexibility index (Phi) is 5.59. The second kappa shape index (κ2) is 5.30. The van der Waals surface area contributed by atoms with Gasteiger partial charge in [-0.2, -0.15) is 0 Å². The van der Waals surface area contributed by atoms with E-state index < -0.39 is 10.8 Å². The zero-order valence-electron chi connectivity index (χ0n) is 6.22. The van der Waals surface area contributed by atoms with Gasteiger partial charge in [-0.15, -0.1) is 11.8 Å². The molecule has 0 bridgehead atoms. The summed E-state index contributed by atoms with van der Waals surface area (Å²) in [7, 11) is -0.609. The normalized spacial score (nSPS) is 17.2. The smallest absolute Gasteiger partial charge is 0.0773 e. The molecule has 0 amide bonds. The second-order valence-corrected chi connectivity index (χ2v) is 5.65. The zero-order valence-corrected chi connectivity index (χ0v) is 7.85. The predicted octanol–water partition coefficient (Wildman–Crippen LogP) is 1.85. The molecule has 0 N–H and O–H groups in total. The summed E-state index contributed by atoms with van der Waals surface area (Å²) < 4.78 is 11.3. The molecular weight excluding hydrogens is 152 g/mol. The Morgan fingerprint density at radius 1 is 1.56 bits per heavy atom. The lowest BCUT2D eigenvalue weighted by atomic mass is 10.9. The first-order valence-corrected chi connectivity index (χ1v) is 5.64. The number of hydrogen-bond donors (Lipinski definition) is 0. The molecule has 0 saturated carbocycles. The molecule has 9 heavy (non-hydrogen) atoms. The average Bonchev–Trinajstić information content (AvgIpc) is 1.87. The highest BCUT2D eigenvalue weighted by atomic mass is 32.2. The fraction of sp³-hybridized carbons (Fsp3) is 1.00. The molecule has 2 unspecified atom stereocenters. The third-order valence-electron chi connectivity index (χ3n) is 1.06. The van der Waals surface area contributed by atoms with Crippen LogP contribution in [-0.4, -0.2) is 20.3 Å². The van der Waals surface area contributed by atoms with Gasteiger partial charge in [0.1, 0.15) is 0 Å². The lowest BCUT2D eigenvalue weighted by molar-refractivity contribution is 0.683. The third-order valence-corrected chi connectivity index (χ3v) is 4.22. The van der Waals surface area contributed by atoms with E-state index in [1.54, 1.807) is 11.8 Å². The van der Waals surface area contributed by atoms with Crippen LogP contribution in [0.5, 0.6) is 0 Å². The van der Waals surface area contributed by atoms with Gasteiger partial charge in [-0.05, 0) is 12.7 Å². The Hall–Kier alpha value is 0.500. The van der Waals surface area contributed by atoms with Crippen molar-refractivity contribution >= 4 is 22.6 Å². The van der Waals surface area contributed by atoms with Gasteiger partial charge in [0.15, 0.2) is 0 Å². The molecule has 0 aliphatic heterocycles. The second-order valence-electron chi connectivity index (χ2n) is 1.69. The molecule has 0 radical (unpaired) electrons. The monoisotopic (exact) mass is 166 g/mol. The summed E-state index contributed by atoms with van der Waals surface area (Å²) in [6, 6.07) is 0. The summed E-state index contributed by atoms with van der Waals surface area (Å²) in [6.07, 6.45) is 0. The van der Waals surface area contributed by atoms with Gasteiger partial charge in [-0.1, -0.05) is 13.8 Å². The van der Waals surface area contributed by atoms with E-state index in [1.165, 1.54) is 0 Å². The Morgan fingerprint density at radius 3 is 2.44 bits per heavy atom. The first-order valence-electron chi connectivity index (χ1n) is 3.21. The summed E-state index contributed by atoms with van der Waals surface area (Å²) in [5, 5.41) is 0. The Morgan fingerprint density at radius 2 is 2.11 bits per heavy atom. The lowest BCUT2D eigenvalue weighted by Gasteiger charge is -2.06. The van der Waals surface area contributed by atoms with Crippen molar-refractivity contribution in [2.75, 3.05) is 11.5 Å². The molecule has 1 nitrogen and oxygen atoms in total. The van der Waals surface area contributed by atoms with Crippen LogP contribution in [-0.2, 0) is 10.8 Å². The van der Waals surface area contributed by atoms with E-state index >= 15 is 0 Å². The van der Waals surface area contributed by atoms with Gasteiger partial charge >= 0.3 is 0 Å². The quantitative estimate of drug-likeness (QED) is 0.634. The van der Waals surface area contributed by atoms with Gasteiger partial charge in [0.2, 0.25) is 0 Å². The minimum Gasteiger partial charge on any atom is -0.258 e. The maximum Gasteiger partial charge on any atom is 0.0773 e. The molecule has 0 aromatic rings. The maximum atomic E-state index is 11.0. The molecule has 0 aromatic heterocycles. The molecule has 2 atom stereocenters. The van der Waals surface area contributed by atoms with Crippen molar-refractivity contribution < 1.29 is 4.21 Å². The van der Waals surface area contributed by atoms with Gasteiger partial charge < -0.3 is 0 Å². The van der Waals surface area contributed by atoms with Crippen molar-refractivity contribution in [3.05, 3.63) is 0 Å². The topological polar surface area (TPSA) is 17.1 Å². The van der Waals surface area contributed by atoms with Gasteiger partial charge in [0.25, 0.3) is 0 Å². The largest absolute Gasteiger partial charge is 0.258 e. The van der Waals surface area contributed by atoms with Crippen molar-refractivity contribution in [2.24, 2.45) is 0 Å². The molecular formula is C6H14OS2. The average molecular weight is 166 g/mol. The molecule has 3 heteroatoms. The molecule has 56 valence electrons. The zero-order chi connectivity index (χ0) is 7.28. The summed E-state index contributed by atoms with van der Waals surface area (Å²) in [4.78, 5) is 0. The minimum absolute atomic E-state index is 0.319. The predicted molar refractivity (Wildman–Crippen MR) is 46.3 cm³/mol. The summed E-state index contributed by atoms with van der Waals surface area (Å²) in [5.41, 5.74) is 0. The van der Waals surface area contributed by atoms with Gasteiger partial charge in [-0.3, -0.25) is 4.21 Å². The van der Waals surface area contributed by atoms with Gasteiger partial charge in [0, 0.05) is 16.6 Å². The molecule has 0 fully saturated rings. The summed E-state index contributed by atoms with van der Waals surface area (Å²) >= 11 is 1.76. The van der Waals surface area contributed by atoms with E-state index in [1.807, 2.05) is 13.8 Å². The van der Waals surface area contributed by atoms with Crippen molar-refractivity contribution in [1.82, 2.24) is 0 Å². The maximum absolute atomic E-state index is 11.0. The Bertz CT molecular complexity index is 93.1. The number of thioether (sulfide) groups is 1.